The molecule has 2 aliphatic rings. The molecule has 0 saturated carbocycles. The number of hydrogen-bond acceptors (Lipinski definition) is 8. The van der Waals surface area contributed by atoms with Crippen molar-refractivity contribution >= 4 is 48.3 Å². The van der Waals surface area contributed by atoms with E-state index in [1.807, 2.05) is 0 Å². The summed E-state index contributed by atoms with van der Waals surface area (Å²) in [4.78, 5) is 34.7. The first kappa shape index (κ1) is 22.9. The van der Waals surface area contributed by atoms with Crippen LogP contribution in [0.1, 0.15) is 20.8 Å². The van der Waals surface area contributed by atoms with E-state index in [9.17, 15) is 9.59 Å². The molecule has 2 N–H and O–H groups in total. The van der Waals surface area contributed by atoms with Crippen LogP contribution in [-0.4, -0.2) is 75.4 Å². The molecular weight excluding hydrogens is 375 g/mol. The summed E-state index contributed by atoms with van der Waals surface area (Å²) in [5.74, 6) is 1.11. The number of carbonyl (C=O) groups is 2. The zero-order valence-electron chi connectivity index (χ0n) is 17.3. The van der Waals surface area contributed by atoms with Crippen molar-refractivity contribution < 1.29 is 28.6 Å². The molecule has 1 aromatic rings. The topological polar surface area (TPSA) is 111 Å². The summed E-state index contributed by atoms with van der Waals surface area (Å²) in [5, 5.41) is 2.61. The number of amidine groups is 1. The number of nitrogens with zero attached hydrogens (tertiary/aromatic N) is 2. The first-order valence-electron chi connectivity index (χ1n) is 8.83. The van der Waals surface area contributed by atoms with Crippen LogP contribution in [-0.2, 0) is 14.3 Å². The third kappa shape index (κ3) is 6.03. The van der Waals surface area contributed by atoms with Crippen LogP contribution in [0.5, 0.6) is 5.75 Å². The second kappa shape index (κ2) is 9.39. The van der Waals surface area contributed by atoms with Gasteiger partial charge in [-0.15, -0.1) is 0 Å². The van der Waals surface area contributed by atoms with E-state index in [1.54, 1.807) is 39.0 Å². The van der Waals surface area contributed by atoms with Crippen molar-refractivity contribution in [1.82, 2.24) is 10.8 Å². The summed E-state index contributed by atoms with van der Waals surface area (Å²) < 4.78 is 16.2. The Morgan fingerprint density at radius 2 is 2.14 bits per heavy atom. The van der Waals surface area contributed by atoms with Crippen molar-refractivity contribution in [2.75, 3.05) is 31.7 Å². The van der Waals surface area contributed by atoms with Gasteiger partial charge in [-0.05, 0) is 32.9 Å². The first-order chi connectivity index (χ1) is 13.2. The molecule has 2 aliphatic heterocycles. The summed E-state index contributed by atoms with van der Waals surface area (Å²) in [6, 6.07) is 5.24. The van der Waals surface area contributed by atoms with Gasteiger partial charge in [-0.3, -0.25) is 15.2 Å². The summed E-state index contributed by atoms with van der Waals surface area (Å²) in [7, 11) is 1.49. The van der Waals surface area contributed by atoms with E-state index in [0.717, 1.165) is 0 Å². The van der Waals surface area contributed by atoms with Crippen LogP contribution in [0, 0.1) is 0 Å². The molecule has 11 heteroatoms. The van der Waals surface area contributed by atoms with E-state index in [4.69, 9.17) is 19.0 Å². The molecule has 0 aromatic heterocycles. The monoisotopic (exact) mass is 399 g/mol. The minimum Gasteiger partial charge on any atom is -0.483 e. The summed E-state index contributed by atoms with van der Waals surface area (Å²) in [6.45, 7) is 6.03. The van der Waals surface area contributed by atoms with Gasteiger partial charge in [-0.2, -0.15) is 0 Å². The number of cyclic esters (lactones) is 1. The maximum Gasteiger partial charge on any atom is 0.414 e. The van der Waals surface area contributed by atoms with Crippen molar-refractivity contribution in [3.8, 4) is 5.75 Å². The van der Waals surface area contributed by atoms with E-state index in [0.29, 0.717) is 29.5 Å². The van der Waals surface area contributed by atoms with Crippen LogP contribution >= 0.6 is 0 Å². The van der Waals surface area contributed by atoms with Gasteiger partial charge in [0.2, 0.25) is 0 Å². The van der Waals surface area contributed by atoms with Gasteiger partial charge < -0.3 is 19.5 Å². The van der Waals surface area contributed by atoms with E-state index >= 15 is 0 Å². The Morgan fingerprint density at radius 1 is 1.38 bits per heavy atom. The summed E-state index contributed by atoms with van der Waals surface area (Å²) >= 11 is 0. The number of ether oxygens (including phenoxy) is 3. The van der Waals surface area contributed by atoms with E-state index in [2.05, 4.69) is 15.8 Å². The quantitative estimate of drug-likeness (QED) is 0.586. The van der Waals surface area contributed by atoms with Crippen molar-refractivity contribution in [2.45, 2.75) is 32.5 Å². The summed E-state index contributed by atoms with van der Waals surface area (Å²) in [5.41, 5.74) is 3.31. The molecule has 0 bridgehead atoms. The molecule has 10 nitrogen and oxygen atoms in total. The van der Waals surface area contributed by atoms with Crippen molar-refractivity contribution in [3.05, 3.63) is 18.2 Å². The predicted octanol–water partition coefficient (Wildman–Crippen LogP) is 1.73. The molecule has 1 atom stereocenters. The molecule has 1 aromatic carbocycles. The van der Waals surface area contributed by atoms with Gasteiger partial charge >= 0.3 is 12.2 Å². The number of hydroxylamine groups is 1. The van der Waals surface area contributed by atoms with Crippen LogP contribution < -0.4 is 20.4 Å². The molecule has 29 heavy (non-hydrogen) atoms. The smallest absolute Gasteiger partial charge is 0.414 e. The number of nitrogens with one attached hydrogen (secondary N) is 2. The van der Waals surface area contributed by atoms with Gasteiger partial charge in [0.15, 0.2) is 5.84 Å². The van der Waals surface area contributed by atoms with E-state index in [-0.39, 0.29) is 32.0 Å². The normalized spacial score (nSPS) is 17.9. The fourth-order valence-corrected chi connectivity index (χ4v) is 2.72. The molecule has 1 radical (unpaired) electrons. The molecule has 0 unspecified atom stereocenters. The average molecular weight is 399 g/mol. The van der Waals surface area contributed by atoms with Crippen molar-refractivity contribution in [2.24, 2.45) is 4.99 Å². The Morgan fingerprint density at radius 3 is 2.83 bits per heavy atom. The van der Waals surface area contributed by atoms with Gasteiger partial charge in [0, 0.05) is 24.9 Å². The number of anilines is 1. The van der Waals surface area contributed by atoms with Crippen LogP contribution in [0.4, 0.5) is 21.0 Å². The second-order valence-electron chi connectivity index (χ2n) is 7.30. The number of alkyl carbamates (subject to hydrolysis) is 1. The maximum absolute atomic E-state index is 12.2. The van der Waals surface area contributed by atoms with Gasteiger partial charge in [-0.25, -0.2) is 14.6 Å². The SMILES string of the molecule is CONC1=Nc2ccc(N3C[C@H](CNC(=O)OC(C)(C)C)OC3=O)cc2OC1.[Li]. The number of benzene rings is 1. The molecule has 1 fully saturated rings. The molecule has 2 heterocycles. The minimum absolute atomic E-state index is 0. The predicted molar refractivity (Wildman–Crippen MR) is 107 cm³/mol. The average Bonchev–Trinajstić information content (AvgIpc) is 2.99. The molecule has 1 saturated heterocycles. The van der Waals surface area contributed by atoms with Gasteiger partial charge in [0.25, 0.3) is 0 Å². The number of carbonyl (C=O) groups excluding carboxylic acids is 2. The minimum atomic E-state index is -0.591. The molecule has 0 spiro atoms. The molecular formula is C18H24LiN4O6. The Hall–Kier alpha value is -2.41. The zero-order valence-corrected chi connectivity index (χ0v) is 17.3. The number of aliphatic imine (C=N–C) groups is 1. The Bertz CT molecular complexity index is 795. The van der Waals surface area contributed by atoms with Crippen LogP contribution in [0.3, 0.4) is 0 Å². The fraction of sp³-hybridized carbons (Fsp3) is 0.500. The maximum atomic E-state index is 12.2. The van der Waals surface area contributed by atoms with Gasteiger partial charge in [-0.1, -0.05) is 0 Å². The largest absolute Gasteiger partial charge is 0.483 e. The fourth-order valence-electron chi connectivity index (χ4n) is 2.72. The van der Waals surface area contributed by atoms with E-state index in [1.165, 1.54) is 12.0 Å². The van der Waals surface area contributed by atoms with Crippen LogP contribution in [0.15, 0.2) is 23.2 Å². The molecule has 153 valence electrons. The number of fused-ring (bicyclic) bond motifs is 1. The van der Waals surface area contributed by atoms with Gasteiger partial charge in [0.05, 0.1) is 25.9 Å². The zero-order chi connectivity index (χ0) is 20.3. The Kier molecular flexibility index (Phi) is 7.41. The van der Waals surface area contributed by atoms with Crippen LogP contribution in [0.25, 0.3) is 0 Å². The van der Waals surface area contributed by atoms with Gasteiger partial charge in [0.1, 0.15) is 29.7 Å². The first-order valence-corrected chi connectivity index (χ1v) is 8.83. The standard InChI is InChI=1S/C18H24N4O6.Li/c1-18(2,3)28-16(23)19-8-12-9-22(17(24)27-12)11-5-6-13-14(7-11)26-10-15(20-13)21-25-4;/h5-7,12H,8-10H2,1-4H3,(H,19,23)(H,20,21);/t12-;/m0./s1. The Labute approximate surface area is 181 Å². The van der Waals surface area contributed by atoms with Crippen LogP contribution in [0.2, 0.25) is 0 Å². The van der Waals surface area contributed by atoms with Crippen molar-refractivity contribution in [1.29, 1.82) is 0 Å². The number of rotatable bonds is 4. The molecule has 3 rings (SSSR count). The van der Waals surface area contributed by atoms with E-state index < -0.39 is 23.9 Å². The Balaban J connectivity index is 0.00000300. The second-order valence-corrected chi connectivity index (χ2v) is 7.30. The third-order valence-corrected chi connectivity index (χ3v) is 3.84. The summed E-state index contributed by atoms with van der Waals surface area (Å²) in [6.07, 6.45) is -1.52. The molecule has 2 amide bonds. The number of hydrogen-bond donors (Lipinski definition) is 2. The molecule has 0 aliphatic carbocycles. The van der Waals surface area contributed by atoms with Crippen molar-refractivity contribution in [3.63, 3.8) is 0 Å². The third-order valence-electron chi connectivity index (χ3n) is 3.84. The number of amides is 2.